The zero-order valence-electron chi connectivity index (χ0n) is 44.1. The standard InChI is InChI=1S/C27H33FN8O2Si.C26H33FN6O2Si/c1-34-23-13-18(28)5-6-20(23)24(33-34)22-14-30-26-25(32-22)21(16-36(26)17-38-11-12-39(2,3)4)27(37)31-19-7-9-35(15-19)10-8-29;1-32-22-13-17(27)9-10-19(22)23(31-32)21-14-28-25-24(30-21)20(26(34)29-18-7-5-6-8-18)15-33(25)16-35-11-12-36(2,3)4/h5-6,13-14,16,19H,7,9-12,15,17H2,1-4H3,(H,31,37);9-10,13-15,18H,5-8,11-12,16H2,1-4H3,(H,29,34)/t19-;/m1./s1. The van der Waals surface area contributed by atoms with E-state index in [4.69, 9.17) is 24.7 Å². The van der Waals surface area contributed by atoms with Crippen LogP contribution in [0, 0.1) is 23.0 Å². The molecule has 0 unspecified atom stereocenters. The molecule has 1 aliphatic carbocycles. The number of aryl methyl sites for hydroxylation is 2. The van der Waals surface area contributed by atoms with Crippen molar-refractivity contribution in [2.75, 3.05) is 32.8 Å². The van der Waals surface area contributed by atoms with Gasteiger partial charge in [0.2, 0.25) is 0 Å². The molecule has 2 aliphatic rings. The van der Waals surface area contributed by atoms with Gasteiger partial charge in [0.25, 0.3) is 11.8 Å². The van der Waals surface area contributed by atoms with Crippen molar-refractivity contribution >= 4 is 72.1 Å². The number of aromatic nitrogens is 10. The minimum Gasteiger partial charge on any atom is -0.361 e. The van der Waals surface area contributed by atoms with E-state index in [-0.39, 0.29) is 42.3 Å². The van der Waals surface area contributed by atoms with E-state index in [1.54, 1.807) is 60.4 Å². The molecule has 10 rings (SSSR count). The molecular weight excluding hydrogens is 991 g/mol. The molecule has 1 atom stereocenters. The number of hydrogen-bond acceptors (Lipinski definition) is 12. The Morgan fingerprint density at radius 2 is 1.17 bits per heavy atom. The zero-order chi connectivity index (χ0) is 53.2. The number of nitriles is 1. The van der Waals surface area contributed by atoms with Crippen molar-refractivity contribution in [3.8, 4) is 28.8 Å². The van der Waals surface area contributed by atoms with E-state index in [1.807, 2.05) is 14.0 Å². The van der Waals surface area contributed by atoms with E-state index in [2.05, 4.69) is 76.2 Å². The van der Waals surface area contributed by atoms with Gasteiger partial charge in [0.15, 0.2) is 11.3 Å². The van der Waals surface area contributed by atoms with Crippen molar-refractivity contribution in [2.24, 2.45) is 14.1 Å². The van der Waals surface area contributed by atoms with E-state index >= 15 is 0 Å². The van der Waals surface area contributed by atoms with Crippen LogP contribution in [-0.2, 0) is 37.0 Å². The van der Waals surface area contributed by atoms with Crippen molar-refractivity contribution in [1.29, 1.82) is 5.26 Å². The lowest BCUT2D eigenvalue weighted by atomic mass is 10.1. The molecule has 2 aromatic carbocycles. The van der Waals surface area contributed by atoms with Crippen LogP contribution in [0.15, 0.2) is 61.2 Å². The van der Waals surface area contributed by atoms with Crippen molar-refractivity contribution in [3.63, 3.8) is 0 Å². The third kappa shape index (κ3) is 12.3. The maximum atomic E-state index is 13.9. The predicted molar refractivity (Wildman–Crippen MR) is 290 cm³/mol. The molecule has 75 heavy (non-hydrogen) atoms. The minimum absolute atomic E-state index is 0.0528. The summed E-state index contributed by atoms with van der Waals surface area (Å²) in [6.45, 7) is 17.4. The molecule has 2 fully saturated rings. The number of carbonyl (C=O) groups is 2. The van der Waals surface area contributed by atoms with E-state index in [0.717, 1.165) is 61.5 Å². The summed E-state index contributed by atoms with van der Waals surface area (Å²) >= 11 is 0. The van der Waals surface area contributed by atoms with Gasteiger partial charge in [-0.3, -0.25) is 23.9 Å². The molecule has 2 amide bonds. The Morgan fingerprint density at radius 1 is 0.707 bits per heavy atom. The lowest BCUT2D eigenvalue weighted by Gasteiger charge is -2.15. The molecule has 7 heterocycles. The van der Waals surface area contributed by atoms with Gasteiger partial charge in [-0.2, -0.15) is 15.5 Å². The quantitative estimate of drug-likeness (QED) is 0.0499. The smallest absolute Gasteiger partial charge is 0.255 e. The van der Waals surface area contributed by atoms with E-state index in [9.17, 15) is 18.4 Å². The van der Waals surface area contributed by atoms with E-state index in [0.29, 0.717) is 100 Å². The number of carbonyl (C=O) groups excluding carboxylic acids is 2. The van der Waals surface area contributed by atoms with E-state index < -0.39 is 16.1 Å². The van der Waals surface area contributed by atoms with Gasteiger partial charge in [-0.1, -0.05) is 52.1 Å². The van der Waals surface area contributed by atoms with Crippen LogP contribution in [0.25, 0.3) is 66.9 Å². The summed E-state index contributed by atoms with van der Waals surface area (Å²) in [4.78, 5) is 47.9. The van der Waals surface area contributed by atoms with Gasteiger partial charge >= 0.3 is 0 Å². The molecule has 18 nitrogen and oxygen atoms in total. The van der Waals surface area contributed by atoms with Crippen LogP contribution >= 0.6 is 0 Å². The van der Waals surface area contributed by atoms with Gasteiger partial charge in [0.05, 0.1) is 47.2 Å². The fraction of sp³-hybridized carbons (Fsp3) is 0.453. The molecule has 394 valence electrons. The van der Waals surface area contributed by atoms with Crippen LogP contribution in [0.3, 0.4) is 0 Å². The van der Waals surface area contributed by atoms with Crippen molar-refractivity contribution in [3.05, 3.63) is 83.9 Å². The van der Waals surface area contributed by atoms with Crippen LogP contribution in [0.4, 0.5) is 8.78 Å². The Labute approximate surface area is 436 Å². The highest BCUT2D eigenvalue weighted by Crippen LogP contribution is 2.31. The van der Waals surface area contributed by atoms with Gasteiger partial charge in [0, 0.05) is 91.8 Å². The van der Waals surface area contributed by atoms with Gasteiger partial charge in [0.1, 0.15) is 58.9 Å². The first-order valence-corrected chi connectivity index (χ1v) is 33.1. The second-order valence-corrected chi connectivity index (χ2v) is 33.4. The zero-order valence-corrected chi connectivity index (χ0v) is 46.1. The highest BCUT2D eigenvalue weighted by molar-refractivity contribution is 6.76. The normalized spacial score (nSPS) is 15.6. The largest absolute Gasteiger partial charge is 0.361 e. The Hall–Kier alpha value is -6.78. The van der Waals surface area contributed by atoms with Crippen LogP contribution in [0.2, 0.25) is 51.4 Å². The average Bonchev–Trinajstić information content (AvgIpc) is 4.25. The van der Waals surface area contributed by atoms with Crippen LogP contribution in [-0.4, -0.2) is 126 Å². The number of nitrogens with zero attached hydrogens (tertiary/aromatic N) is 12. The van der Waals surface area contributed by atoms with Crippen molar-refractivity contribution in [2.45, 2.75) is 109 Å². The lowest BCUT2D eigenvalue weighted by Crippen LogP contribution is -2.37. The maximum Gasteiger partial charge on any atom is 0.255 e. The van der Waals surface area contributed by atoms with Crippen LogP contribution < -0.4 is 10.6 Å². The molecule has 1 aliphatic heterocycles. The number of benzene rings is 2. The van der Waals surface area contributed by atoms with Crippen LogP contribution in [0.5, 0.6) is 0 Å². The summed E-state index contributed by atoms with van der Waals surface area (Å²) in [5.41, 5.74) is 6.47. The molecular formula is C53H66F2N14O4Si2. The predicted octanol–water partition coefficient (Wildman–Crippen LogP) is 8.87. The topological polar surface area (TPSA) is 201 Å². The second-order valence-electron chi connectivity index (χ2n) is 22.2. The number of fused-ring (bicyclic) bond motifs is 4. The molecule has 8 aromatic rings. The monoisotopic (exact) mass is 1060 g/mol. The molecule has 1 saturated heterocycles. The summed E-state index contributed by atoms with van der Waals surface area (Å²) in [7, 11) is 1.06. The molecule has 2 N–H and O–H groups in total. The highest BCUT2D eigenvalue weighted by atomic mass is 28.3. The number of halogens is 2. The third-order valence-corrected chi connectivity index (χ3v) is 17.2. The fourth-order valence-electron chi connectivity index (χ4n) is 9.57. The number of likely N-dealkylation sites (tertiary alicyclic amines) is 1. The summed E-state index contributed by atoms with van der Waals surface area (Å²) < 4.78 is 46.5. The molecule has 1 saturated carbocycles. The molecule has 0 spiro atoms. The van der Waals surface area contributed by atoms with Crippen molar-refractivity contribution in [1.82, 2.24) is 64.2 Å². The first-order valence-electron chi connectivity index (χ1n) is 25.7. The van der Waals surface area contributed by atoms with Crippen molar-refractivity contribution < 1.29 is 27.8 Å². The Kier molecular flexibility index (Phi) is 15.7. The van der Waals surface area contributed by atoms with Gasteiger partial charge in [-0.05, 0) is 67.7 Å². The van der Waals surface area contributed by atoms with Gasteiger partial charge in [-0.15, -0.1) is 0 Å². The molecule has 22 heteroatoms. The van der Waals surface area contributed by atoms with Gasteiger partial charge < -0.3 is 29.2 Å². The Morgan fingerprint density at radius 3 is 1.63 bits per heavy atom. The van der Waals surface area contributed by atoms with Gasteiger partial charge in [-0.25, -0.2) is 28.7 Å². The fourth-order valence-corrected chi connectivity index (χ4v) is 11.1. The number of hydrogen-bond donors (Lipinski definition) is 2. The second kappa shape index (κ2) is 22.2. The summed E-state index contributed by atoms with van der Waals surface area (Å²) in [6.07, 6.45) is 11.9. The first-order chi connectivity index (χ1) is 35.8. The molecule has 0 bridgehead atoms. The Bertz CT molecular complexity index is 3440. The lowest BCUT2D eigenvalue weighted by molar-refractivity contribution is 0.0885. The Balaban J connectivity index is 0.000000184. The molecule has 0 radical (unpaired) electrons. The van der Waals surface area contributed by atoms with E-state index in [1.165, 1.54) is 24.3 Å². The summed E-state index contributed by atoms with van der Waals surface area (Å²) in [5.74, 6) is -1.06. The number of rotatable bonds is 17. The third-order valence-electron chi connectivity index (χ3n) is 13.8. The SMILES string of the molecule is Cn1nc(-c2cnc3c(n2)c(C(=O)NC2CCCC2)cn3COCC[Si](C)(C)C)c2ccc(F)cc21.Cn1nc(-c2cnc3c(n2)c(C(=O)N[C@@H]2CCN(CC#N)C2)cn3COCC[Si](C)(C)C)c2ccc(F)cc21. The number of nitrogens with one attached hydrogen (secondary N) is 2. The first kappa shape index (κ1) is 53.1. The highest BCUT2D eigenvalue weighted by Gasteiger charge is 2.28. The summed E-state index contributed by atoms with van der Waals surface area (Å²) in [6, 6.07) is 13.5. The number of amides is 2. The number of ether oxygens (including phenoxy) is 2. The molecule has 6 aromatic heterocycles. The minimum atomic E-state index is -1.25. The summed E-state index contributed by atoms with van der Waals surface area (Å²) in [5, 5.41) is 25.9. The van der Waals surface area contributed by atoms with Crippen LogP contribution in [0.1, 0.15) is 52.8 Å². The maximum absolute atomic E-state index is 13.9. The average molecular weight is 1060 g/mol.